The molecule has 2 aromatic rings. The molecule has 94 valence electrons. The summed E-state index contributed by atoms with van der Waals surface area (Å²) in [5.41, 5.74) is 3.79. The van der Waals surface area contributed by atoms with E-state index >= 15 is 0 Å². The molecule has 0 saturated heterocycles. The largest absolute Gasteiger partial charge is 0.481 e. The number of benzene rings is 1. The minimum absolute atomic E-state index is 0.143. The summed E-state index contributed by atoms with van der Waals surface area (Å²) in [5.74, 6) is 0.969. The molecule has 2 nitrogen and oxygen atoms in total. The molecule has 1 aliphatic heterocycles. The lowest BCUT2D eigenvalue weighted by Crippen LogP contribution is -2.23. The van der Waals surface area contributed by atoms with E-state index in [1.807, 2.05) is 0 Å². The van der Waals surface area contributed by atoms with Crippen LogP contribution in [0, 0.1) is 6.92 Å². The van der Waals surface area contributed by atoms with Gasteiger partial charge in [0.1, 0.15) is 5.75 Å². The molecule has 3 rings (SSSR count). The Balaban J connectivity index is 1.88. The first kappa shape index (κ1) is 11.6. The predicted octanol–water partition coefficient (Wildman–Crippen LogP) is 4.16. The fourth-order valence-electron chi connectivity index (χ4n) is 2.30. The second kappa shape index (κ2) is 4.65. The molecule has 2 heterocycles. The van der Waals surface area contributed by atoms with E-state index in [-0.39, 0.29) is 6.10 Å². The van der Waals surface area contributed by atoms with Gasteiger partial charge >= 0.3 is 0 Å². The molecule has 0 bridgehead atoms. The quantitative estimate of drug-likeness (QED) is 0.874. The van der Waals surface area contributed by atoms with Gasteiger partial charge in [0.2, 0.25) is 0 Å². The van der Waals surface area contributed by atoms with Crippen LogP contribution < -0.4 is 10.1 Å². The smallest absolute Gasteiger partial charge is 0.150 e. The first-order chi connectivity index (χ1) is 8.78. The Morgan fingerprint density at radius 3 is 3.00 bits per heavy atom. The Kier molecular flexibility index (Phi) is 3.00. The lowest BCUT2D eigenvalue weighted by molar-refractivity contribution is 0.213. The van der Waals surface area contributed by atoms with Crippen molar-refractivity contribution in [3.8, 4) is 5.75 Å². The average Bonchev–Trinajstić information content (AvgIpc) is 2.84. The van der Waals surface area contributed by atoms with Gasteiger partial charge < -0.3 is 10.1 Å². The monoisotopic (exact) mass is 259 g/mol. The minimum atomic E-state index is 0.143. The molecule has 18 heavy (non-hydrogen) atoms. The maximum absolute atomic E-state index is 6.10. The third-order valence-corrected chi connectivity index (χ3v) is 4.50. The van der Waals surface area contributed by atoms with E-state index in [0.29, 0.717) is 0 Å². The van der Waals surface area contributed by atoms with Crippen molar-refractivity contribution in [3.05, 3.63) is 45.6 Å². The van der Waals surface area contributed by atoms with Crippen molar-refractivity contribution in [3.63, 3.8) is 0 Å². The Morgan fingerprint density at radius 2 is 2.28 bits per heavy atom. The van der Waals surface area contributed by atoms with E-state index in [1.54, 1.807) is 11.3 Å². The number of hydrogen-bond donors (Lipinski definition) is 1. The highest BCUT2D eigenvalue weighted by Gasteiger charge is 2.23. The van der Waals surface area contributed by atoms with Crippen LogP contribution in [-0.2, 0) is 6.42 Å². The van der Waals surface area contributed by atoms with Gasteiger partial charge in [0.25, 0.3) is 0 Å². The summed E-state index contributed by atoms with van der Waals surface area (Å²) >= 11 is 1.77. The maximum atomic E-state index is 6.10. The Morgan fingerprint density at radius 1 is 1.39 bits per heavy atom. The van der Waals surface area contributed by atoms with Gasteiger partial charge in [-0.1, -0.05) is 13.0 Å². The molecule has 1 aromatic carbocycles. The van der Waals surface area contributed by atoms with Gasteiger partial charge in [0.15, 0.2) is 6.10 Å². The van der Waals surface area contributed by atoms with E-state index in [9.17, 15) is 0 Å². The van der Waals surface area contributed by atoms with Crippen LogP contribution in [0.4, 0.5) is 5.69 Å². The van der Waals surface area contributed by atoms with Crippen LogP contribution in [0.3, 0.4) is 0 Å². The number of thiophene rings is 1. The lowest BCUT2D eigenvalue weighted by atomic mass is 10.1. The van der Waals surface area contributed by atoms with Crippen molar-refractivity contribution in [2.75, 3.05) is 11.9 Å². The summed E-state index contributed by atoms with van der Waals surface area (Å²) in [7, 11) is 0. The first-order valence-electron chi connectivity index (χ1n) is 6.35. The average molecular weight is 259 g/mol. The van der Waals surface area contributed by atoms with Crippen molar-refractivity contribution >= 4 is 17.0 Å². The molecule has 0 fully saturated rings. The molecule has 1 aliphatic rings. The molecule has 1 N–H and O–H groups in total. The van der Waals surface area contributed by atoms with Crippen LogP contribution in [0.15, 0.2) is 29.6 Å². The van der Waals surface area contributed by atoms with Crippen LogP contribution in [-0.4, -0.2) is 6.54 Å². The second-order valence-corrected chi connectivity index (χ2v) is 5.59. The standard InChI is InChI=1S/C15H17NOS/c1-3-11-4-5-13-12(8-11)16-9-14(17-13)15-10(2)6-7-18-15/h4-8,14,16H,3,9H2,1-2H3. The Bertz CT molecular complexity index is 561. The molecule has 0 radical (unpaired) electrons. The van der Waals surface area contributed by atoms with Gasteiger partial charge in [-0.25, -0.2) is 0 Å². The molecule has 3 heteroatoms. The van der Waals surface area contributed by atoms with E-state index in [4.69, 9.17) is 4.74 Å². The summed E-state index contributed by atoms with van der Waals surface area (Å²) in [6.07, 6.45) is 1.20. The number of anilines is 1. The van der Waals surface area contributed by atoms with Crippen LogP contribution in [0.25, 0.3) is 0 Å². The highest BCUT2D eigenvalue weighted by molar-refractivity contribution is 7.10. The molecule has 0 aliphatic carbocycles. The highest BCUT2D eigenvalue weighted by Crippen LogP contribution is 2.37. The highest BCUT2D eigenvalue weighted by atomic mass is 32.1. The Labute approximate surface area is 112 Å². The summed E-state index contributed by atoms with van der Waals surface area (Å²) in [5, 5.41) is 5.61. The topological polar surface area (TPSA) is 21.3 Å². The van der Waals surface area contributed by atoms with Crippen molar-refractivity contribution in [2.45, 2.75) is 26.4 Å². The van der Waals surface area contributed by atoms with Crippen molar-refractivity contribution in [1.29, 1.82) is 0 Å². The predicted molar refractivity (Wildman–Crippen MR) is 76.7 cm³/mol. The SMILES string of the molecule is CCc1ccc2c(c1)NCC(c1sccc1C)O2. The third-order valence-electron chi connectivity index (χ3n) is 3.39. The molecule has 1 aromatic heterocycles. The third kappa shape index (κ3) is 1.99. The fraction of sp³-hybridized carbons (Fsp3) is 0.333. The zero-order valence-corrected chi connectivity index (χ0v) is 11.5. The number of fused-ring (bicyclic) bond motifs is 1. The fourth-order valence-corrected chi connectivity index (χ4v) is 3.25. The van der Waals surface area contributed by atoms with Crippen LogP contribution in [0.5, 0.6) is 5.75 Å². The van der Waals surface area contributed by atoms with E-state index in [2.05, 4.69) is 48.8 Å². The number of aryl methyl sites for hydroxylation is 2. The molecule has 0 amide bonds. The van der Waals surface area contributed by atoms with Gasteiger partial charge in [0, 0.05) is 4.88 Å². The van der Waals surface area contributed by atoms with Crippen LogP contribution in [0.2, 0.25) is 0 Å². The molecule has 0 spiro atoms. The van der Waals surface area contributed by atoms with Gasteiger partial charge in [0.05, 0.1) is 12.2 Å². The number of nitrogens with one attached hydrogen (secondary N) is 1. The zero-order chi connectivity index (χ0) is 12.5. The van der Waals surface area contributed by atoms with Gasteiger partial charge in [-0.15, -0.1) is 11.3 Å². The van der Waals surface area contributed by atoms with E-state index in [0.717, 1.165) is 24.4 Å². The summed E-state index contributed by atoms with van der Waals surface area (Å²) in [6, 6.07) is 8.56. The number of rotatable bonds is 2. The van der Waals surface area contributed by atoms with Crippen LogP contribution in [0.1, 0.15) is 29.0 Å². The summed E-state index contributed by atoms with van der Waals surface area (Å²) in [6.45, 7) is 5.16. The zero-order valence-electron chi connectivity index (χ0n) is 10.7. The lowest BCUT2D eigenvalue weighted by Gasteiger charge is -2.27. The molecule has 1 unspecified atom stereocenters. The van der Waals surface area contributed by atoms with Crippen molar-refractivity contribution < 1.29 is 4.74 Å². The molecule has 0 saturated carbocycles. The molecule has 1 atom stereocenters. The summed E-state index contributed by atoms with van der Waals surface area (Å²) in [4.78, 5) is 1.33. The van der Waals surface area contributed by atoms with Gasteiger partial charge in [-0.3, -0.25) is 0 Å². The minimum Gasteiger partial charge on any atom is -0.481 e. The molecular weight excluding hydrogens is 242 g/mol. The van der Waals surface area contributed by atoms with Gasteiger partial charge in [-0.2, -0.15) is 0 Å². The first-order valence-corrected chi connectivity index (χ1v) is 7.23. The van der Waals surface area contributed by atoms with Gasteiger partial charge in [-0.05, 0) is 48.1 Å². The summed E-state index contributed by atoms with van der Waals surface area (Å²) < 4.78 is 6.10. The van der Waals surface area contributed by atoms with Crippen LogP contribution >= 0.6 is 11.3 Å². The number of hydrogen-bond acceptors (Lipinski definition) is 3. The normalized spacial score (nSPS) is 17.8. The Hall–Kier alpha value is -1.48. The second-order valence-electron chi connectivity index (χ2n) is 4.64. The van der Waals surface area contributed by atoms with Crippen molar-refractivity contribution in [2.24, 2.45) is 0 Å². The number of ether oxygens (including phenoxy) is 1. The van der Waals surface area contributed by atoms with E-state index < -0.39 is 0 Å². The molecular formula is C15H17NOS. The van der Waals surface area contributed by atoms with Crippen molar-refractivity contribution in [1.82, 2.24) is 0 Å². The maximum Gasteiger partial charge on any atom is 0.150 e. The van der Waals surface area contributed by atoms with E-state index in [1.165, 1.54) is 16.0 Å².